The van der Waals surface area contributed by atoms with Crippen molar-refractivity contribution in [3.63, 3.8) is 0 Å². The topological polar surface area (TPSA) is 136 Å². The van der Waals surface area contributed by atoms with Gasteiger partial charge in [-0.05, 0) is 110 Å². The van der Waals surface area contributed by atoms with Crippen LogP contribution in [0, 0.1) is 23.7 Å². The van der Waals surface area contributed by atoms with Crippen molar-refractivity contribution < 1.29 is 48.8 Å². The van der Waals surface area contributed by atoms with Crippen molar-refractivity contribution in [2.45, 2.75) is 171 Å². The maximum atomic E-state index is 10.8. The van der Waals surface area contributed by atoms with Gasteiger partial charge in [-0.1, -0.05) is 120 Å². The van der Waals surface area contributed by atoms with Crippen LogP contribution in [0.15, 0.2) is 24.3 Å². The second-order valence-electron chi connectivity index (χ2n) is 18.6. The smallest absolute Gasteiger partial charge is 0.126 e. The lowest BCUT2D eigenvalue weighted by Gasteiger charge is -2.17. The highest BCUT2D eigenvalue weighted by atomic mass is 16.6. The summed E-state index contributed by atoms with van der Waals surface area (Å²) in [5, 5.41) is 38.9. The first-order valence-corrected chi connectivity index (χ1v) is 25.4. The fourth-order valence-corrected chi connectivity index (χ4v) is 7.59. The van der Waals surface area contributed by atoms with Crippen molar-refractivity contribution in [2.24, 2.45) is 23.7 Å². The molecule has 0 bridgehead atoms. The average Bonchev–Trinajstić information content (AvgIpc) is 3.25. The Morgan fingerprint density at radius 1 is 0.406 bits per heavy atom. The molecule has 0 aliphatic heterocycles. The summed E-state index contributed by atoms with van der Waals surface area (Å²) in [5.41, 5.74) is 4.12. The number of hydrogen-bond acceptors (Lipinski definition) is 10. The van der Waals surface area contributed by atoms with Crippen molar-refractivity contribution in [1.29, 1.82) is 0 Å². The molecule has 2 aromatic rings. The van der Waals surface area contributed by atoms with E-state index in [1.807, 2.05) is 12.1 Å². The van der Waals surface area contributed by atoms with Crippen LogP contribution in [-0.4, -0.2) is 99.7 Å². The van der Waals surface area contributed by atoms with E-state index in [4.69, 9.17) is 38.6 Å². The predicted molar refractivity (Wildman–Crippen MR) is 263 cm³/mol. The highest BCUT2D eigenvalue weighted by Gasteiger charge is 2.16. The van der Waals surface area contributed by atoms with Crippen LogP contribution in [0.5, 0.6) is 23.0 Å². The molecule has 0 aliphatic carbocycles. The van der Waals surface area contributed by atoms with Crippen molar-refractivity contribution in [3.05, 3.63) is 46.5 Å². The van der Waals surface area contributed by atoms with E-state index in [9.17, 15) is 10.2 Å². The van der Waals surface area contributed by atoms with Gasteiger partial charge in [-0.15, -0.1) is 0 Å². The number of aliphatic hydroxyl groups is 2. The molecular formula is C54H96O10. The fourth-order valence-electron chi connectivity index (χ4n) is 7.59. The van der Waals surface area contributed by atoms with E-state index < -0.39 is 0 Å². The first kappa shape index (κ1) is 59.4. The molecule has 0 unspecified atom stereocenters. The maximum Gasteiger partial charge on any atom is 0.126 e. The van der Waals surface area contributed by atoms with E-state index in [-0.39, 0.29) is 13.2 Å². The largest absolute Gasteiger partial charge is 0.508 e. The van der Waals surface area contributed by atoms with Gasteiger partial charge in [0.2, 0.25) is 0 Å². The number of aliphatic hydroxyl groups excluding tert-OH is 2. The highest BCUT2D eigenvalue weighted by Crippen LogP contribution is 2.35. The molecule has 0 aliphatic rings. The summed E-state index contributed by atoms with van der Waals surface area (Å²) in [6.45, 7) is 22.6. The molecule has 10 heteroatoms. The predicted octanol–water partition coefficient (Wildman–Crippen LogP) is 11.8. The number of aromatic hydroxyl groups is 2. The van der Waals surface area contributed by atoms with Gasteiger partial charge in [0.25, 0.3) is 0 Å². The van der Waals surface area contributed by atoms with Gasteiger partial charge in [-0.3, -0.25) is 0 Å². The maximum absolute atomic E-state index is 10.8. The molecule has 10 nitrogen and oxygen atoms in total. The van der Waals surface area contributed by atoms with Crippen LogP contribution in [0.1, 0.15) is 168 Å². The van der Waals surface area contributed by atoms with E-state index >= 15 is 0 Å². The number of hydrogen-bond donors (Lipinski definition) is 4. The zero-order valence-corrected chi connectivity index (χ0v) is 42.1. The Labute approximate surface area is 391 Å². The summed E-state index contributed by atoms with van der Waals surface area (Å²) in [7, 11) is 0. The number of rotatable bonds is 40. The van der Waals surface area contributed by atoms with Gasteiger partial charge in [0.15, 0.2) is 0 Å². The Morgan fingerprint density at radius 3 is 1.11 bits per heavy atom. The molecule has 2 atom stereocenters. The lowest BCUT2D eigenvalue weighted by atomic mass is 9.93. The zero-order chi connectivity index (χ0) is 47.2. The van der Waals surface area contributed by atoms with Gasteiger partial charge in [-0.25, -0.2) is 0 Å². The number of benzene rings is 2. The number of phenols is 2. The minimum Gasteiger partial charge on any atom is -0.508 e. The van der Waals surface area contributed by atoms with E-state index in [0.29, 0.717) is 89.4 Å². The van der Waals surface area contributed by atoms with Crippen LogP contribution >= 0.6 is 0 Å². The lowest BCUT2D eigenvalue weighted by molar-refractivity contribution is 0.0246. The molecule has 0 heterocycles. The van der Waals surface area contributed by atoms with Crippen LogP contribution in [0.4, 0.5) is 0 Å². The number of phenolic OH excluding ortho intramolecular Hbond substituents is 2. The SMILES string of the molecule is CCCCCc1cc(O)c(CC[C@@H](C)CCCC(C)C)c(OCCOCCOCCO)c1.CCCCCc1cc(O)c(CC[C@H](C)CCCC(C)C)c(OCCOCCOCCO)c1. The van der Waals surface area contributed by atoms with Crippen LogP contribution in [-0.2, 0) is 44.6 Å². The quantitative estimate of drug-likeness (QED) is 0.0479. The monoisotopic (exact) mass is 905 g/mol. The molecule has 0 fully saturated rings. The van der Waals surface area contributed by atoms with E-state index in [1.165, 1.54) is 64.2 Å². The third-order valence-corrected chi connectivity index (χ3v) is 11.5. The first-order chi connectivity index (χ1) is 30.9. The van der Waals surface area contributed by atoms with E-state index in [1.54, 1.807) is 0 Å². The minimum atomic E-state index is 0.0281. The second-order valence-corrected chi connectivity index (χ2v) is 18.6. The second kappa shape index (κ2) is 39.6. The summed E-state index contributed by atoms with van der Waals surface area (Å²) in [5.74, 6) is 5.10. The van der Waals surface area contributed by atoms with Crippen molar-refractivity contribution in [3.8, 4) is 23.0 Å². The number of aryl methyl sites for hydroxylation is 2. The van der Waals surface area contributed by atoms with E-state index in [2.05, 4.69) is 67.5 Å². The fraction of sp³-hybridized carbons (Fsp3) is 0.778. The summed E-state index contributed by atoms with van der Waals surface area (Å²) < 4.78 is 33.6. The molecule has 0 amide bonds. The Bertz CT molecular complexity index is 1280. The third-order valence-electron chi connectivity index (χ3n) is 11.5. The molecule has 0 spiro atoms. The molecule has 0 aromatic heterocycles. The van der Waals surface area contributed by atoms with Gasteiger partial charge in [-0.2, -0.15) is 0 Å². The summed E-state index contributed by atoms with van der Waals surface area (Å²) in [6.07, 6.45) is 20.2. The third kappa shape index (κ3) is 30.6. The van der Waals surface area contributed by atoms with Gasteiger partial charge < -0.3 is 48.8 Å². The standard InChI is InChI=1S/2C27H48O5/c2*1-5-6-7-11-24-20-26(29)25(13-12-23(4)10-8-9-22(2)3)27(21-24)32-19-18-31-17-16-30-15-14-28/h2*20-23,28-29H,5-19H2,1-4H3/t2*23-/m10/s1. The normalized spacial score (nSPS) is 12.4. The molecule has 0 saturated heterocycles. The Morgan fingerprint density at radius 2 is 0.766 bits per heavy atom. The number of ether oxygens (including phenoxy) is 6. The number of unbranched alkanes of at least 4 members (excludes halogenated alkanes) is 4. The van der Waals surface area contributed by atoms with Gasteiger partial charge in [0.1, 0.15) is 36.2 Å². The van der Waals surface area contributed by atoms with Crippen molar-refractivity contribution in [1.82, 2.24) is 0 Å². The Hall–Kier alpha value is -2.60. The molecule has 64 heavy (non-hydrogen) atoms. The highest BCUT2D eigenvalue weighted by molar-refractivity contribution is 5.48. The summed E-state index contributed by atoms with van der Waals surface area (Å²) in [4.78, 5) is 0. The molecule has 0 saturated carbocycles. The minimum absolute atomic E-state index is 0.0281. The summed E-state index contributed by atoms with van der Waals surface area (Å²) in [6, 6.07) is 8.07. The van der Waals surface area contributed by atoms with Crippen molar-refractivity contribution in [2.75, 3.05) is 79.3 Å². The molecule has 2 aromatic carbocycles. The van der Waals surface area contributed by atoms with E-state index in [0.717, 1.165) is 97.0 Å². The first-order valence-electron chi connectivity index (χ1n) is 25.4. The van der Waals surface area contributed by atoms with Crippen LogP contribution in [0.25, 0.3) is 0 Å². The zero-order valence-electron chi connectivity index (χ0n) is 42.1. The average molecular weight is 905 g/mol. The molecule has 372 valence electrons. The van der Waals surface area contributed by atoms with Crippen molar-refractivity contribution >= 4 is 0 Å². The van der Waals surface area contributed by atoms with Gasteiger partial charge in [0.05, 0.1) is 66.1 Å². The molecule has 2 rings (SSSR count). The van der Waals surface area contributed by atoms with Gasteiger partial charge >= 0.3 is 0 Å². The summed E-state index contributed by atoms with van der Waals surface area (Å²) >= 11 is 0. The molecule has 0 radical (unpaired) electrons. The van der Waals surface area contributed by atoms with Gasteiger partial charge in [0, 0.05) is 11.1 Å². The van der Waals surface area contributed by atoms with Crippen LogP contribution < -0.4 is 9.47 Å². The molecular weight excluding hydrogens is 809 g/mol. The molecule has 4 N–H and O–H groups in total. The Kier molecular flexibility index (Phi) is 36.7. The van der Waals surface area contributed by atoms with Crippen LogP contribution in [0.2, 0.25) is 0 Å². The van der Waals surface area contributed by atoms with Crippen LogP contribution in [0.3, 0.4) is 0 Å². The Balaban J connectivity index is 0.000000640. The lowest BCUT2D eigenvalue weighted by Crippen LogP contribution is -2.12.